The fraction of sp³-hybridized carbons (Fsp3) is 0.269. The Balaban J connectivity index is 2.08. The molecular weight excluding hydrogens is 424 g/mol. The maximum absolute atomic E-state index is 11.7. The third-order valence-corrected chi connectivity index (χ3v) is 5.26. The van der Waals surface area contributed by atoms with Crippen molar-refractivity contribution >= 4 is 28.6 Å². The van der Waals surface area contributed by atoms with Gasteiger partial charge >= 0.3 is 5.97 Å². The van der Waals surface area contributed by atoms with Crippen molar-refractivity contribution in [3.63, 3.8) is 0 Å². The molecule has 0 N–H and O–H groups in total. The summed E-state index contributed by atoms with van der Waals surface area (Å²) in [7, 11) is 6.25. The molecule has 0 unspecified atom stereocenters. The average molecular weight is 453 g/mol. The van der Waals surface area contributed by atoms with Gasteiger partial charge in [-0.15, -0.1) is 0 Å². The van der Waals surface area contributed by atoms with Gasteiger partial charge in [-0.05, 0) is 43.7 Å². The molecule has 0 aliphatic carbocycles. The Morgan fingerprint density at radius 1 is 0.970 bits per heavy atom. The maximum atomic E-state index is 11.7. The molecule has 0 radical (unpaired) electrons. The Hall–Kier alpha value is -3.87. The summed E-state index contributed by atoms with van der Waals surface area (Å²) in [5.41, 5.74) is 3.69. The van der Waals surface area contributed by atoms with Crippen molar-refractivity contribution in [1.82, 2.24) is 0 Å². The van der Waals surface area contributed by atoms with Gasteiger partial charge in [-0.3, -0.25) is 0 Å². The molecule has 0 atom stereocenters. The maximum Gasteiger partial charge on any atom is 0.330 e. The zero-order valence-electron chi connectivity index (χ0n) is 19.7. The van der Waals surface area contributed by atoms with Gasteiger partial charge in [0.2, 0.25) is 5.75 Å². The minimum Gasteiger partial charge on any atom is -0.496 e. The van der Waals surface area contributed by atoms with Crippen LogP contribution < -0.4 is 18.9 Å². The Kier molecular flexibility index (Phi) is 7.33. The number of hydrogen-bond acceptors (Lipinski definition) is 7. The second-order valence-electron chi connectivity index (χ2n) is 7.12. The van der Waals surface area contributed by atoms with E-state index in [0.717, 1.165) is 22.1 Å². The molecule has 33 heavy (non-hydrogen) atoms. The number of aryl methyl sites for hydroxylation is 1. The van der Waals surface area contributed by atoms with Crippen LogP contribution >= 0.6 is 0 Å². The van der Waals surface area contributed by atoms with Crippen LogP contribution in [0.3, 0.4) is 0 Å². The molecule has 1 aromatic heterocycles. The van der Waals surface area contributed by atoms with E-state index in [1.165, 1.54) is 6.08 Å². The summed E-state index contributed by atoms with van der Waals surface area (Å²) in [5, 5.41) is 0.878. The van der Waals surface area contributed by atoms with E-state index in [0.29, 0.717) is 46.5 Å². The molecule has 3 rings (SSSR count). The molecule has 2 aromatic carbocycles. The third-order valence-electron chi connectivity index (χ3n) is 5.26. The number of rotatable bonds is 9. The third kappa shape index (κ3) is 4.67. The molecule has 0 saturated carbocycles. The van der Waals surface area contributed by atoms with Crippen molar-refractivity contribution < 1.29 is 32.9 Å². The monoisotopic (exact) mass is 452 g/mol. The average Bonchev–Trinajstić information content (AvgIpc) is 3.15. The molecule has 7 nitrogen and oxygen atoms in total. The lowest BCUT2D eigenvalue weighted by Gasteiger charge is -2.14. The second kappa shape index (κ2) is 10.2. The second-order valence-corrected chi connectivity index (χ2v) is 7.12. The topological polar surface area (TPSA) is 76.4 Å². The van der Waals surface area contributed by atoms with Gasteiger partial charge in [-0.2, -0.15) is 0 Å². The molecule has 0 aliphatic rings. The van der Waals surface area contributed by atoms with E-state index in [9.17, 15) is 4.79 Å². The Labute approximate surface area is 193 Å². The van der Waals surface area contributed by atoms with Crippen LogP contribution in [0.5, 0.6) is 23.0 Å². The van der Waals surface area contributed by atoms with E-state index in [-0.39, 0.29) is 0 Å². The summed E-state index contributed by atoms with van der Waals surface area (Å²) in [4.78, 5) is 11.7. The SMILES string of the molecule is C=C(c1cc(OC)c(OC)c(OC)c1)c1oc2cc(OC)c(/C=C/C(=O)OCC)cc2c1C. The van der Waals surface area contributed by atoms with E-state index < -0.39 is 5.97 Å². The van der Waals surface area contributed by atoms with Crippen molar-refractivity contribution in [1.29, 1.82) is 0 Å². The number of hydrogen-bond donors (Lipinski definition) is 0. The van der Waals surface area contributed by atoms with Gasteiger partial charge in [0, 0.05) is 34.2 Å². The van der Waals surface area contributed by atoms with Gasteiger partial charge in [0.15, 0.2) is 11.5 Å². The normalized spacial score (nSPS) is 11.0. The van der Waals surface area contributed by atoms with Crippen molar-refractivity contribution in [3.05, 3.63) is 59.4 Å². The lowest BCUT2D eigenvalue weighted by Crippen LogP contribution is -1.98. The molecule has 0 aliphatic heterocycles. The van der Waals surface area contributed by atoms with E-state index >= 15 is 0 Å². The fourth-order valence-corrected chi connectivity index (χ4v) is 3.59. The quantitative estimate of drug-likeness (QED) is 0.317. The highest BCUT2D eigenvalue weighted by atomic mass is 16.5. The Bertz CT molecular complexity index is 1190. The van der Waals surface area contributed by atoms with Crippen molar-refractivity contribution in [2.45, 2.75) is 13.8 Å². The first-order chi connectivity index (χ1) is 15.9. The van der Waals surface area contributed by atoms with Crippen LogP contribution in [-0.4, -0.2) is 41.0 Å². The molecule has 0 amide bonds. The zero-order valence-corrected chi connectivity index (χ0v) is 19.7. The largest absolute Gasteiger partial charge is 0.496 e. The van der Waals surface area contributed by atoms with Gasteiger partial charge in [0.25, 0.3) is 0 Å². The molecular formula is C26H28O7. The molecule has 7 heteroatoms. The molecule has 0 bridgehead atoms. The lowest BCUT2D eigenvalue weighted by atomic mass is 10.00. The summed E-state index contributed by atoms with van der Waals surface area (Å²) >= 11 is 0. The van der Waals surface area contributed by atoms with E-state index in [2.05, 4.69) is 6.58 Å². The number of carbonyl (C=O) groups excluding carboxylic acids is 1. The highest BCUT2D eigenvalue weighted by Gasteiger charge is 2.20. The summed E-state index contributed by atoms with van der Waals surface area (Å²) in [6, 6.07) is 7.35. The smallest absolute Gasteiger partial charge is 0.330 e. The number of ether oxygens (including phenoxy) is 5. The van der Waals surface area contributed by atoms with Gasteiger partial charge in [0.1, 0.15) is 17.1 Å². The predicted molar refractivity (Wildman–Crippen MR) is 127 cm³/mol. The number of esters is 1. The van der Waals surface area contributed by atoms with E-state index in [1.54, 1.807) is 47.5 Å². The highest BCUT2D eigenvalue weighted by Crippen LogP contribution is 2.42. The number of furan rings is 1. The molecule has 0 saturated heterocycles. The zero-order chi connectivity index (χ0) is 24.1. The van der Waals surface area contributed by atoms with Gasteiger partial charge < -0.3 is 28.1 Å². The molecule has 3 aromatic rings. The van der Waals surface area contributed by atoms with Crippen LogP contribution in [0.15, 0.2) is 41.3 Å². The fourth-order valence-electron chi connectivity index (χ4n) is 3.59. The highest BCUT2D eigenvalue weighted by molar-refractivity contribution is 5.94. The Morgan fingerprint density at radius 2 is 1.61 bits per heavy atom. The predicted octanol–water partition coefficient (Wildman–Crippen LogP) is 5.41. The van der Waals surface area contributed by atoms with Crippen molar-refractivity contribution in [3.8, 4) is 23.0 Å². The number of methoxy groups -OCH3 is 4. The van der Waals surface area contributed by atoms with Crippen LogP contribution in [0, 0.1) is 6.92 Å². The number of fused-ring (bicyclic) bond motifs is 1. The van der Waals surface area contributed by atoms with Crippen LogP contribution in [0.4, 0.5) is 0 Å². The van der Waals surface area contributed by atoms with Crippen molar-refractivity contribution in [2.24, 2.45) is 0 Å². The number of benzene rings is 2. The summed E-state index contributed by atoms with van der Waals surface area (Å²) in [6.45, 7) is 8.28. The minimum absolute atomic E-state index is 0.312. The van der Waals surface area contributed by atoms with Crippen LogP contribution in [0.1, 0.15) is 29.4 Å². The van der Waals surface area contributed by atoms with Crippen LogP contribution in [-0.2, 0) is 9.53 Å². The Morgan fingerprint density at radius 3 is 2.15 bits per heavy atom. The molecule has 174 valence electrons. The molecule has 0 fully saturated rings. The summed E-state index contributed by atoms with van der Waals surface area (Å²) < 4.78 is 33.0. The standard InChI is InChI=1S/C26H28O7/c1-8-32-24(27)10-9-17-11-19-16(3)25(33-21(19)14-20(17)28-4)15(2)18-12-22(29-5)26(31-7)23(13-18)30-6/h9-14H,2,8H2,1,3-7H3/b10-9+. The minimum atomic E-state index is -0.417. The molecule has 0 spiro atoms. The van der Waals surface area contributed by atoms with Crippen LogP contribution in [0.25, 0.3) is 22.6 Å². The van der Waals surface area contributed by atoms with Gasteiger partial charge in [0.05, 0.1) is 35.0 Å². The van der Waals surface area contributed by atoms with Gasteiger partial charge in [-0.25, -0.2) is 4.79 Å². The summed E-state index contributed by atoms with van der Waals surface area (Å²) in [6.07, 6.45) is 3.04. The lowest BCUT2D eigenvalue weighted by molar-refractivity contribution is -0.137. The molecule has 1 heterocycles. The number of carbonyl (C=O) groups is 1. The van der Waals surface area contributed by atoms with Crippen molar-refractivity contribution in [2.75, 3.05) is 35.0 Å². The van der Waals surface area contributed by atoms with Gasteiger partial charge in [-0.1, -0.05) is 6.58 Å². The van der Waals surface area contributed by atoms with E-state index in [1.807, 2.05) is 25.1 Å². The van der Waals surface area contributed by atoms with E-state index in [4.69, 9.17) is 28.1 Å². The first-order valence-corrected chi connectivity index (χ1v) is 10.3. The van der Waals surface area contributed by atoms with Crippen LogP contribution in [0.2, 0.25) is 0 Å². The first-order valence-electron chi connectivity index (χ1n) is 10.3. The summed E-state index contributed by atoms with van der Waals surface area (Å²) in [5.74, 6) is 2.32. The first kappa shape index (κ1) is 23.8.